The van der Waals surface area contributed by atoms with Crippen molar-refractivity contribution in [2.24, 2.45) is 0 Å². The number of anilines is 1. The first-order valence-electron chi connectivity index (χ1n) is 4.96. The highest BCUT2D eigenvalue weighted by atomic mass is 16.3. The van der Waals surface area contributed by atoms with Crippen LogP contribution in [0.15, 0.2) is 24.3 Å². The van der Waals surface area contributed by atoms with Crippen LogP contribution in [0.1, 0.15) is 18.6 Å². The molecule has 0 bridgehead atoms. The Morgan fingerprint density at radius 2 is 1.81 bits per heavy atom. The smallest absolute Gasteiger partial charge is 0.106 e. The number of rotatable bonds is 4. The van der Waals surface area contributed by atoms with E-state index in [0.29, 0.717) is 0 Å². The van der Waals surface area contributed by atoms with Gasteiger partial charge in [0.15, 0.2) is 0 Å². The molecule has 1 N–H and O–H groups in total. The third kappa shape index (κ3) is 2.73. The van der Waals surface area contributed by atoms with E-state index in [0.717, 1.165) is 11.3 Å². The second-order valence-electron chi connectivity index (χ2n) is 3.41. The van der Waals surface area contributed by atoms with Crippen molar-refractivity contribution in [1.29, 1.82) is 10.5 Å². The summed E-state index contributed by atoms with van der Waals surface area (Å²) in [7, 11) is 0. The minimum atomic E-state index is -0.615. The van der Waals surface area contributed by atoms with Gasteiger partial charge in [0.2, 0.25) is 0 Å². The molecular formula is C12H13N3O. The second-order valence-corrected chi connectivity index (χ2v) is 3.41. The molecule has 1 aromatic rings. The van der Waals surface area contributed by atoms with Crippen LogP contribution < -0.4 is 4.90 Å². The molecule has 0 radical (unpaired) electrons. The third-order valence-corrected chi connectivity index (χ3v) is 2.25. The lowest BCUT2D eigenvalue weighted by atomic mass is 10.1. The summed E-state index contributed by atoms with van der Waals surface area (Å²) < 4.78 is 0. The molecule has 1 atom stereocenters. The standard InChI is InChI=1S/C12H13N3O/c1-10(16)11-4-2-3-5-12(11)15(8-6-13)9-7-14/h2-5,10,16H,8-9H2,1H3. The predicted molar refractivity (Wildman–Crippen MR) is 60.5 cm³/mol. The Labute approximate surface area is 95.0 Å². The van der Waals surface area contributed by atoms with Crippen LogP contribution in [0, 0.1) is 22.7 Å². The lowest BCUT2D eigenvalue weighted by molar-refractivity contribution is 0.199. The molecule has 0 fully saturated rings. The van der Waals surface area contributed by atoms with Gasteiger partial charge >= 0.3 is 0 Å². The van der Waals surface area contributed by atoms with E-state index in [1.54, 1.807) is 24.0 Å². The van der Waals surface area contributed by atoms with Crippen LogP contribution in [-0.4, -0.2) is 18.2 Å². The Morgan fingerprint density at radius 1 is 1.25 bits per heavy atom. The van der Waals surface area contributed by atoms with Crippen LogP contribution in [0.3, 0.4) is 0 Å². The van der Waals surface area contributed by atoms with E-state index in [4.69, 9.17) is 10.5 Å². The first-order chi connectivity index (χ1) is 7.70. The van der Waals surface area contributed by atoms with Gasteiger partial charge in [-0.05, 0) is 13.0 Å². The molecule has 82 valence electrons. The van der Waals surface area contributed by atoms with Crippen molar-refractivity contribution >= 4 is 5.69 Å². The molecule has 0 spiro atoms. The highest BCUT2D eigenvalue weighted by Gasteiger charge is 2.13. The molecule has 0 aliphatic rings. The topological polar surface area (TPSA) is 71.0 Å². The Kier molecular flexibility index (Phi) is 4.32. The van der Waals surface area contributed by atoms with Gasteiger partial charge in [-0.25, -0.2) is 0 Å². The summed E-state index contributed by atoms with van der Waals surface area (Å²) in [5.74, 6) is 0. The SMILES string of the molecule is CC(O)c1ccccc1N(CC#N)CC#N. The van der Waals surface area contributed by atoms with E-state index < -0.39 is 6.10 Å². The average Bonchev–Trinajstić information content (AvgIpc) is 2.29. The van der Waals surface area contributed by atoms with Crippen LogP contribution >= 0.6 is 0 Å². The molecule has 0 amide bonds. The van der Waals surface area contributed by atoms with Gasteiger partial charge < -0.3 is 10.0 Å². The van der Waals surface area contributed by atoms with Gasteiger partial charge in [-0.15, -0.1) is 0 Å². The first kappa shape index (κ1) is 12.0. The monoisotopic (exact) mass is 215 g/mol. The minimum absolute atomic E-state index is 0.136. The molecular weight excluding hydrogens is 202 g/mol. The van der Waals surface area contributed by atoms with Crippen molar-refractivity contribution in [3.8, 4) is 12.1 Å². The zero-order valence-corrected chi connectivity index (χ0v) is 9.09. The highest BCUT2D eigenvalue weighted by Crippen LogP contribution is 2.25. The molecule has 16 heavy (non-hydrogen) atoms. The zero-order chi connectivity index (χ0) is 12.0. The number of aliphatic hydroxyl groups excluding tert-OH is 1. The molecule has 0 aromatic heterocycles. The minimum Gasteiger partial charge on any atom is -0.389 e. The number of aliphatic hydroxyl groups is 1. The van der Waals surface area contributed by atoms with E-state index in [-0.39, 0.29) is 13.1 Å². The fraction of sp³-hybridized carbons (Fsp3) is 0.333. The van der Waals surface area contributed by atoms with Gasteiger partial charge in [-0.3, -0.25) is 0 Å². The van der Waals surface area contributed by atoms with E-state index in [1.165, 1.54) is 0 Å². The summed E-state index contributed by atoms with van der Waals surface area (Å²) in [4.78, 5) is 1.64. The van der Waals surface area contributed by atoms with Crippen LogP contribution in [-0.2, 0) is 0 Å². The molecule has 0 saturated carbocycles. The number of benzene rings is 1. The maximum atomic E-state index is 9.60. The van der Waals surface area contributed by atoms with E-state index in [1.807, 2.05) is 24.3 Å². The molecule has 0 saturated heterocycles. The van der Waals surface area contributed by atoms with E-state index in [2.05, 4.69) is 0 Å². The number of hydrogen-bond acceptors (Lipinski definition) is 4. The third-order valence-electron chi connectivity index (χ3n) is 2.25. The predicted octanol–water partition coefficient (Wildman–Crippen LogP) is 1.59. The van der Waals surface area contributed by atoms with Gasteiger partial charge in [0.05, 0.1) is 18.2 Å². The summed E-state index contributed by atoms with van der Waals surface area (Å²) in [6, 6.07) is 11.3. The summed E-state index contributed by atoms with van der Waals surface area (Å²) in [6.45, 7) is 1.93. The van der Waals surface area contributed by atoms with Crippen molar-refractivity contribution in [2.75, 3.05) is 18.0 Å². The van der Waals surface area contributed by atoms with Crippen LogP contribution in [0.4, 0.5) is 5.69 Å². The maximum absolute atomic E-state index is 9.60. The van der Waals surface area contributed by atoms with Gasteiger partial charge in [0, 0.05) is 11.3 Å². The first-order valence-corrected chi connectivity index (χ1v) is 4.96. The average molecular weight is 215 g/mol. The van der Waals surface area contributed by atoms with Crippen molar-refractivity contribution in [3.05, 3.63) is 29.8 Å². The van der Waals surface area contributed by atoms with Gasteiger partial charge in [0.25, 0.3) is 0 Å². The van der Waals surface area contributed by atoms with Crippen molar-refractivity contribution in [1.82, 2.24) is 0 Å². The van der Waals surface area contributed by atoms with Crippen LogP contribution in [0.25, 0.3) is 0 Å². The van der Waals surface area contributed by atoms with Gasteiger partial charge in [-0.2, -0.15) is 10.5 Å². The molecule has 0 heterocycles. The van der Waals surface area contributed by atoms with Crippen LogP contribution in [0.5, 0.6) is 0 Å². The van der Waals surface area contributed by atoms with Crippen molar-refractivity contribution in [3.63, 3.8) is 0 Å². The number of nitriles is 2. The Hall–Kier alpha value is -2.04. The molecule has 1 aromatic carbocycles. The molecule has 0 aliphatic heterocycles. The summed E-state index contributed by atoms with van der Waals surface area (Å²) in [5.41, 5.74) is 1.47. The summed E-state index contributed by atoms with van der Waals surface area (Å²) in [5, 5.41) is 27.0. The number of hydrogen-bond donors (Lipinski definition) is 1. The highest BCUT2D eigenvalue weighted by molar-refractivity contribution is 5.55. The molecule has 4 nitrogen and oxygen atoms in total. The lowest BCUT2D eigenvalue weighted by Gasteiger charge is -2.22. The largest absolute Gasteiger partial charge is 0.389 e. The van der Waals surface area contributed by atoms with Gasteiger partial charge in [0.1, 0.15) is 13.1 Å². The Bertz CT molecular complexity index is 413. The van der Waals surface area contributed by atoms with E-state index >= 15 is 0 Å². The Balaban J connectivity index is 3.09. The van der Waals surface area contributed by atoms with Gasteiger partial charge in [-0.1, -0.05) is 18.2 Å². The van der Waals surface area contributed by atoms with Crippen LogP contribution in [0.2, 0.25) is 0 Å². The molecule has 4 heteroatoms. The second kappa shape index (κ2) is 5.75. The quantitative estimate of drug-likeness (QED) is 0.774. The van der Waals surface area contributed by atoms with Crippen molar-refractivity contribution < 1.29 is 5.11 Å². The Morgan fingerprint density at radius 3 is 2.31 bits per heavy atom. The van der Waals surface area contributed by atoms with E-state index in [9.17, 15) is 5.11 Å². The fourth-order valence-corrected chi connectivity index (χ4v) is 1.53. The molecule has 1 unspecified atom stereocenters. The number of para-hydroxylation sites is 1. The molecule has 1 rings (SSSR count). The zero-order valence-electron chi connectivity index (χ0n) is 9.09. The lowest BCUT2D eigenvalue weighted by Crippen LogP contribution is -2.25. The fourth-order valence-electron chi connectivity index (χ4n) is 1.53. The number of nitrogens with zero attached hydrogens (tertiary/aromatic N) is 3. The summed E-state index contributed by atoms with van der Waals surface area (Å²) in [6.07, 6.45) is -0.615. The summed E-state index contributed by atoms with van der Waals surface area (Å²) >= 11 is 0. The molecule has 0 aliphatic carbocycles. The normalized spacial score (nSPS) is 11.2. The van der Waals surface area contributed by atoms with Crippen molar-refractivity contribution in [2.45, 2.75) is 13.0 Å². The maximum Gasteiger partial charge on any atom is 0.106 e.